The van der Waals surface area contributed by atoms with Crippen molar-refractivity contribution in [2.75, 3.05) is 37.5 Å². The lowest BCUT2D eigenvalue weighted by molar-refractivity contribution is 0.0990. The van der Waals surface area contributed by atoms with Crippen molar-refractivity contribution in [2.45, 2.75) is 13.3 Å². The summed E-state index contributed by atoms with van der Waals surface area (Å²) < 4.78 is 11.1. The van der Waals surface area contributed by atoms with Gasteiger partial charge in [-0.2, -0.15) is 0 Å². The summed E-state index contributed by atoms with van der Waals surface area (Å²) >= 11 is 0. The average molecular weight is 464 g/mol. The molecule has 0 aliphatic carbocycles. The molecule has 0 saturated carbocycles. The summed E-state index contributed by atoms with van der Waals surface area (Å²) in [4.78, 5) is 27.3. The van der Waals surface area contributed by atoms with Crippen molar-refractivity contribution in [3.8, 4) is 17.2 Å². The van der Waals surface area contributed by atoms with Crippen LogP contribution in [-0.2, 0) is 0 Å². The molecule has 0 radical (unpaired) electrons. The predicted octanol–water partition coefficient (Wildman–Crippen LogP) is 3.97. The number of phenolic OH excluding ortho intramolecular Hbond substituents is 1. The van der Waals surface area contributed by atoms with Gasteiger partial charge in [0, 0.05) is 12.6 Å². The molecular weight excluding hydrogens is 434 g/mol. The zero-order chi connectivity index (χ0) is 24.7. The Balaban J connectivity index is 1.80. The van der Waals surface area contributed by atoms with E-state index in [1.54, 1.807) is 61.6 Å². The van der Waals surface area contributed by atoms with Crippen LogP contribution in [0.5, 0.6) is 17.2 Å². The Hall–Kier alpha value is -4.04. The van der Waals surface area contributed by atoms with Gasteiger partial charge in [0.25, 0.3) is 11.8 Å². The zero-order valence-corrected chi connectivity index (χ0v) is 19.5. The Bertz CT molecular complexity index is 1180. The highest BCUT2D eigenvalue weighted by molar-refractivity contribution is 6.09. The Morgan fingerprint density at radius 2 is 1.82 bits per heavy atom. The van der Waals surface area contributed by atoms with E-state index in [2.05, 4.69) is 5.32 Å². The van der Waals surface area contributed by atoms with E-state index >= 15 is 0 Å². The lowest BCUT2D eigenvalue weighted by atomic mass is 10.1. The summed E-state index contributed by atoms with van der Waals surface area (Å²) in [6.07, 6.45) is 0.675. The minimum Gasteiger partial charge on any atom is -0.506 e. The number of hydrogen-bond acceptors (Lipinski definition) is 6. The predicted molar refractivity (Wildman–Crippen MR) is 132 cm³/mol. The van der Waals surface area contributed by atoms with Crippen LogP contribution in [0.15, 0.2) is 60.7 Å². The molecule has 0 bridgehead atoms. The first kappa shape index (κ1) is 24.6. The first-order chi connectivity index (χ1) is 16.3. The van der Waals surface area contributed by atoms with Crippen molar-refractivity contribution in [1.29, 1.82) is 0 Å². The van der Waals surface area contributed by atoms with Crippen molar-refractivity contribution >= 4 is 23.2 Å². The van der Waals surface area contributed by atoms with Crippen LogP contribution in [0.2, 0.25) is 0 Å². The van der Waals surface area contributed by atoms with E-state index in [0.29, 0.717) is 53.6 Å². The summed E-state index contributed by atoms with van der Waals surface area (Å²) in [6, 6.07) is 16.8. The lowest BCUT2D eigenvalue weighted by Crippen LogP contribution is -2.26. The fourth-order valence-corrected chi connectivity index (χ4v) is 3.38. The van der Waals surface area contributed by atoms with Gasteiger partial charge in [0.15, 0.2) is 0 Å². The second kappa shape index (κ2) is 11.2. The molecule has 0 fully saturated rings. The molecule has 0 atom stereocenters. The van der Waals surface area contributed by atoms with Crippen molar-refractivity contribution in [1.82, 2.24) is 0 Å². The van der Waals surface area contributed by atoms with Gasteiger partial charge in [-0.05, 0) is 67.9 Å². The third kappa shape index (κ3) is 5.65. The quantitative estimate of drug-likeness (QED) is 0.414. The fourth-order valence-electron chi connectivity index (χ4n) is 3.38. The molecule has 0 aliphatic heterocycles. The summed E-state index contributed by atoms with van der Waals surface area (Å²) in [7, 11) is 3.04. The molecule has 0 unspecified atom stereocenters. The molecule has 178 valence electrons. The van der Waals surface area contributed by atoms with Crippen molar-refractivity contribution in [3.63, 3.8) is 0 Å². The summed E-state index contributed by atoms with van der Waals surface area (Å²) in [5.74, 6) is 0.0800. The van der Waals surface area contributed by atoms with Crippen molar-refractivity contribution in [3.05, 3.63) is 77.4 Å². The summed E-state index contributed by atoms with van der Waals surface area (Å²) in [5, 5.41) is 13.0. The molecule has 8 nitrogen and oxygen atoms in total. The van der Waals surface area contributed by atoms with Crippen LogP contribution in [-0.4, -0.2) is 44.2 Å². The highest BCUT2D eigenvalue weighted by Crippen LogP contribution is 2.31. The molecule has 2 amide bonds. The topological polar surface area (TPSA) is 114 Å². The van der Waals surface area contributed by atoms with E-state index in [1.807, 2.05) is 13.0 Å². The molecule has 0 heterocycles. The maximum absolute atomic E-state index is 13.0. The molecule has 0 spiro atoms. The van der Waals surface area contributed by atoms with E-state index in [9.17, 15) is 14.7 Å². The van der Waals surface area contributed by atoms with Crippen LogP contribution in [0, 0.1) is 6.92 Å². The Labute approximate surface area is 198 Å². The van der Waals surface area contributed by atoms with E-state index in [0.717, 1.165) is 5.56 Å². The Morgan fingerprint density at radius 3 is 2.53 bits per heavy atom. The van der Waals surface area contributed by atoms with Crippen LogP contribution >= 0.6 is 0 Å². The SMILES string of the molecule is COc1cc(C(=O)N(C)c2ccc(C)cc2O)ccc1NC(=O)c1ccccc1OCCCN. The number of methoxy groups -OCH3 is 1. The largest absolute Gasteiger partial charge is 0.506 e. The standard InChI is InChI=1S/C26H29N3O5/c1-17-9-12-21(22(30)15-17)29(2)26(32)18-10-11-20(24(16-18)33-3)28-25(31)19-7-4-5-8-23(19)34-14-6-13-27/h4-5,7-12,15-16,30H,6,13-14,27H2,1-3H3,(H,28,31). The number of anilines is 2. The number of nitrogens with zero attached hydrogens (tertiary/aromatic N) is 1. The van der Waals surface area contributed by atoms with E-state index < -0.39 is 0 Å². The first-order valence-electron chi connectivity index (χ1n) is 10.8. The fraction of sp³-hybridized carbons (Fsp3) is 0.231. The molecule has 4 N–H and O–H groups in total. The van der Waals surface area contributed by atoms with Crippen LogP contribution in [0.25, 0.3) is 0 Å². The number of rotatable bonds is 9. The van der Waals surface area contributed by atoms with E-state index in [4.69, 9.17) is 15.2 Å². The Morgan fingerprint density at radius 1 is 1.06 bits per heavy atom. The van der Waals surface area contributed by atoms with Gasteiger partial charge in [0.1, 0.15) is 17.2 Å². The van der Waals surface area contributed by atoms with Crippen LogP contribution < -0.4 is 25.4 Å². The van der Waals surface area contributed by atoms with Crippen LogP contribution in [0.1, 0.15) is 32.7 Å². The molecular formula is C26H29N3O5. The number of ether oxygens (including phenoxy) is 2. The Kier molecular flexibility index (Phi) is 8.10. The van der Waals surface area contributed by atoms with Crippen LogP contribution in [0.4, 0.5) is 11.4 Å². The van der Waals surface area contributed by atoms with Gasteiger partial charge in [0.05, 0.1) is 30.7 Å². The maximum atomic E-state index is 13.0. The first-order valence-corrected chi connectivity index (χ1v) is 10.8. The van der Waals surface area contributed by atoms with Gasteiger partial charge in [-0.3, -0.25) is 9.59 Å². The van der Waals surface area contributed by atoms with Crippen LogP contribution in [0.3, 0.4) is 0 Å². The maximum Gasteiger partial charge on any atom is 0.259 e. The third-order valence-electron chi connectivity index (χ3n) is 5.23. The monoisotopic (exact) mass is 463 g/mol. The number of nitrogens with one attached hydrogen (secondary N) is 1. The number of nitrogens with two attached hydrogens (primary N) is 1. The number of aryl methyl sites for hydroxylation is 1. The number of amides is 2. The lowest BCUT2D eigenvalue weighted by Gasteiger charge is -2.20. The minimum atomic E-state index is -0.373. The molecule has 0 saturated heterocycles. The highest BCUT2D eigenvalue weighted by atomic mass is 16.5. The van der Waals surface area contributed by atoms with Gasteiger partial charge >= 0.3 is 0 Å². The molecule has 0 aromatic heterocycles. The number of carbonyl (C=O) groups is 2. The van der Waals surface area contributed by atoms with Gasteiger partial charge in [-0.25, -0.2) is 0 Å². The van der Waals surface area contributed by atoms with Gasteiger partial charge in [-0.1, -0.05) is 18.2 Å². The smallest absolute Gasteiger partial charge is 0.259 e. The third-order valence-corrected chi connectivity index (χ3v) is 5.23. The van der Waals surface area contributed by atoms with Gasteiger partial charge < -0.3 is 30.5 Å². The molecule has 3 aromatic rings. The molecule has 3 rings (SSSR count). The second-order valence-corrected chi connectivity index (χ2v) is 7.71. The summed E-state index contributed by atoms with van der Waals surface area (Å²) in [6.45, 7) is 2.76. The number of hydrogen-bond donors (Lipinski definition) is 3. The normalized spacial score (nSPS) is 10.5. The minimum absolute atomic E-state index is 0.0130. The summed E-state index contributed by atoms with van der Waals surface area (Å²) in [5.41, 5.74) is 7.89. The van der Waals surface area contributed by atoms with Gasteiger partial charge in [0.2, 0.25) is 0 Å². The van der Waals surface area contributed by atoms with E-state index in [1.165, 1.54) is 12.0 Å². The van der Waals surface area contributed by atoms with Crippen molar-refractivity contribution in [2.24, 2.45) is 5.73 Å². The zero-order valence-electron chi connectivity index (χ0n) is 19.5. The number of phenols is 1. The van der Waals surface area contributed by atoms with Crippen molar-refractivity contribution < 1.29 is 24.2 Å². The number of para-hydroxylation sites is 1. The second-order valence-electron chi connectivity index (χ2n) is 7.71. The number of carbonyl (C=O) groups excluding carboxylic acids is 2. The molecule has 34 heavy (non-hydrogen) atoms. The van der Waals surface area contributed by atoms with Gasteiger partial charge in [-0.15, -0.1) is 0 Å². The molecule has 0 aliphatic rings. The molecule has 3 aromatic carbocycles. The molecule has 8 heteroatoms. The number of aromatic hydroxyl groups is 1. The number of benzene rings is 3. The van der Waals surface area contributed by atoms with E-state index in [-0.39, 0.29) is 17.6 Å². The highest BCUT2D eigenvalue weighted by Gasteiger charge is 2.20. The average Bonchev–Trinajstić information content (AvgIpc) is 2.84.